The van der Waals surface area contributed by atoms with Crippen LogP contribution in [0.1, 0.15) is 36.3 Å². The molecule has 1 aromatic carbocycles. The first-order valence-corrected chi connectivity index (χ1v) is 5.42. The fraction of sp³-hybridized carbons (Fsp3) is 0.462. The summed E-state index contributed by atoms with van der Waals surface area (Å²) in [6.07, 6.45) is 1.59. The second-order valence-corrected chi connectivity index (χ2v) is 4.20. The lowest BCUT2D eigenvalue weighted by Gasteiger charge is -2.26. The van der Waals surface area contributed by atoms with Crippen molar-refractivity contribution < 1.29 is 9.53 Å². The largest absolute Gasteiger partial charge is 0.380 e. The van der Waals surface area contributed by atoms with Crippen molar-refractivity contribution in [2.75, 3.05) is 13.2 Å². The zero-order chi connectivity index (χ0) is 10.7. The molecular weight excluding hydrogens is 188 g/mol. The van der Waals surface area contributed by atoms with Crippen LogP contribution in [0, 0.1) is 0 Å². The van der Waals surface area contributed by atoms with Gasteiger partial charge in [0.2, 0.25) is 0 Å². The maximum Gasteiger partial charge on any atom is 0.120 e. The Bertz CT molecular complexity index is 325. The molecule has 0 saturated carbocycles. The quantitative estimate of drug-likeness (QED) is 0.704. The van der Waals surface area contributed by atoms with Gasteiger partial charge in [0, 0.05) is 12.3 Å². The summed E-state index contributed by atoms with van der Waals surface area (Å²) >= 11 is 0. The molecule has 2 nitrogen and oxygen atoms in total. The molecule has 1 heterocycles. The Labute approximate surface area is 90.3 Å². The molecule has 0 spiro atoms. The Hall–Kier alpha value is -1.15. The Morgan fingerprint density at radius 3 is 2.53 bits per heavy atom. The van der Waals surface area contributed by atoms with Gasteiger partial charge in [0.25, 0.3) is 0 Å². The number of hydrogen-bond acceptors (Lipinski definition) is 2. The summed E-state index contributed by atoms with van der Waals surface area (Å²) in [5, 5.41) is 0. The highest BCUT2D eigenvalue weighted by atomic mass is 16.5. The summed E-state index contributed by atoms with van der Waals surface area (Å²) < 4.78 is 5.16. The maximum atomic E-state index is 10.4. The number of benzene rings is 1. The van der Waals surface area contributed by atoms with Gasteiger partial charge in [-0.3, -0.25) is 0 Å². The van der Waals surface area contributed by atoms with E-state index in [0.29, 0.717) is 18.3 Å². The number of aldehydes is 1. The van der Waals surface area contributed by atoms with Crippen LogP contribution in [0.2, 0.25) is 0 Å². The molecule has 1 aromatic rings. The van der Waals surface area contributed by atoms with Crippen LogP contribution in [0.4, 0.5) is 0 Å². The van der Waals surface area contributed by atoms with E-state index in [2.05, 4.69) is 31.2 Å². The van der Waals surface area contributed by atoms with Crippen LogP contribution in [0.3, 0.4) is 0 Å². The molecule has 2 rings (SSSR count). The van der Waals surface area contributed by atoms with E-state index in [1.54, 1.807) is 0 Å². The van der Waals surface area contributed by atoms with E-state index in [9.17, 15) is 4.79 Å². The van der Waals surface area contributed by atoms with Gasteiger partial charge in [-0.15, -0.1) is 0 Å². The number of ether oxygens (including phenoxy) is 1. The summed E-state index contributed by atoms with van der Waals surface area (Å²) in [5.74, 6) is 0.912. The molecule has 0 amide bonds. The molecule has 0 aromatic heterocycles. The molecular formula is C13H16O2. The lowest BCUT2D eigenvalue weighted by Crippen LogP contribution is -2.24. The van der Waals surface area contributed by atoms with E-state index >= 15 is 0 Å². The van der Waals surface area contributed by atoms with Crippen molar-refractivity contribution >= 4 is 6.29 Å². The van der Waals surface area contributed by atoms with Gasteiger partial charge in [-0.1, -0.05) is 31.2 Å². The van der Waals surface area contributed by atoms with Crippen molar-refractivity contribution in [2.45, 2.75) is 25.2 Å². The predicted octanol–water partition coefficient (Wildman–Crippen LogP) is 2.49. The van der Waals surface area contributed by atoms with Crippen molar-refractivity contribution in [1.29, 1.82) is 0 Å². The summed E-state index contributed by atoms with van der Waals surface area (Å²) in [4.78, 5) is 10.4. The van der Waals surface area contributed by atoms with E-state index in [4.69, 9.17) is 4.74 Å². The fourth-order valence-electron chi connectivity index (χ4n) is 1.81. The molecule has 0 radical (unpaired) electrons. The molecule has 0 bridgehead atoms. The van der Waals surface area contributed by atoms with Crippen LogP contribution in [0.15, 0.2) is 24.3 Å². The molecule has 1 fully saturated rings. The van der Waals surface area contributed by atoms with E-state index < -0.39 is 0 Å². The van der Waals surface area contributed by atoms with Crippen LogP contribution in [-0.4, -0.2) is 19.5 Å². The number of carbonyl (C=O) groups excluding carboxylic acids is 1. The average Bonchev–Trinajstić information content (AvgIpc) is 2.16. The van der Waals surface area contributed by atoms with Crippen LogP contribution in [0.25, 0.3) is 0 Å². The minimum Gasteiger partial charge on any atom is -0.380 e. The zero-order valence-corrected chi connectivity index (χ0v) is 8.98. The minimum absolute atomic E-state index is 0.328. The summed E-state index contributed by atoms with van der Waals surface area (Å²) in [6.45, 7) is 3.78. The van der Waals surface area contributed by atoms with E-state index in [1.165, 1.54) is 11.1 Å². The van der Waals surface area contributed by atoms with Gasteiger partial charge >= 0.3 is 0 Å². The lowest BCUT2D eigenvalue weighted by atomic mass is 9.93. The SMILES string of the molecule is CC(CC=O)c1ccc(C2COC2)cc1. The topological polar surface area (TPSA) is 26.3 Å². The van der Waals surface area contributed by atoms with Gasteiger partial charge in [0.15, 0.2) is 0 Å². The third-order valence-electron chi connectivity index (χ3n) is 3.06. The van der Waals surface area contributed by atoms with Crippen LogP contribution in [0.5, 0.6) is 0 Å². The third kappa shape index (κ3) is 2.26. The molecule has 15 heavy (non-hydrogen) atoms. The van der Waals surface area contributed by atoms with Gasteiger partial charge in [-0.25, -0.2) is 0 Å². The van der Waals surface area contributed by atoms with Crippen LogP contribution in [-0.2, 0) is 9.53 Å². The van der Waals surface area contributed by atoms with Crippen molar-refractivity contribution in [2.24, 2.45) is 0 Å². The highest BCUT2D eigenvalue weighted by Crippen LogP contribution is 2.26. The average molecular weight is 204 g/mol. The standard InChI is InChI=1S/C13H16O2/c1-10(6-7-14)11-2-4-12(5-3-11)13-8-15-9-13/h2-5,7,10,13H,6,8-9H2,1H3. The second kappa shape index (κ2) is 4.58. The molecule has 80 valence electrons. The normalized spacial score (nSPS) is 18.2. The van der Waals surface area contributed by atoms with E-state index in [-0.39, 0.29) is 0 Å². The smallest absolute Gasteiger partial charge is 0.120 e. The molecule has 2 heteroatoms. The van der Waals surface area contributed by atoms with E-state index in [1.807, 2.05) is 0 Å². The molecule has 1 saturated heterocycles. The molecule has 0 N–H and O–H groups in total. The Kier molecular flexibility index (Phi) is 3.17. The summed E-state index contributed by atoms with van der Waals surface area (Å²) in [5.41, 5.74) is 2.59. The van der Waals surface area contributed by atoms with Crippen LogP contribution >= 0.6 is 0 Å². The van der Waals surface area contributed by atoms with Gasteiger partial charge in [-0.05, 0) is 17.0 Å². The maximum absolute atomic E-state index is 10.4. The van der Waals surface area contributed by atoms with E-state index in [0.717, 1.165) is 19.5 Å². The summed E-state index contributed by atoms with van der Waals surface area (Å²) in [7, 11) is 0. The van der Waals surface area contributed by atoms with Crippen LogP contribution < -0.4 is 0 Å². The van der Waals surface area contributed by atoms with Crippen molar-refractivity contribution in [3.8, 4) is 0 Å². The highest BCUT2D eigenvalue weighted by Gasteiger charge is 2.20. The number of hydrogen-bond donors (Lipinski definition) is 0. The first kappa shape index (κ1) is 10.4. The lowest BCUT2D eigenvalue weighted by molar-refractivity contribution is -0.108. The Balaban J connectivity index is 2.05. The molecule has 0 aliphatic carbocycles. The molecule has 1 aliphatic heterocycles. The second-order valence-electron chi connectivity index (χ2n) is 4.20. The highest BCUT2D eigenvalue weighted by molar-refractivity contribution is 5.51. The number of carbonyl (C=O) groups is 1. The zero-order valence-electron chi connectivity index (χ0n) is 8.98. The third-order valence-corrected chi connectivity index (χ3v) is 3.06. The first-order chi connectivity index (χ1) is 7.31. The Morgan fingerprint density at radius 2 is 2.07 bits per heavy atom. The van der Waals surface area contributed by atoms with Crippen molar-refractivity contribution in [3.05, 3.63) is 35.4 Å². The van der Waals surface area contributed by atoms with Crippen molar-refractivity contribution in [3.63, 3.8) is 0 Å². The van der Waals surface area contributed by atoms with Crippen molar-refractivity contribution in [1.82, 2.24) is 0 Å². The predicted molar refractivity (Wildman–Crippen MR) is 59.1 cm³/mol. The minimum atomic E-state index is 0.328. The van der Waals surface area contributed by atoms with Gasteiger partial charge in [-0.2, -0.15) is 0 Å². The summed E-state index contributed by atoms with van der Waals surface area (Å²) in [6, 6.07) is 8.57. The molecule has 1 aliphatic rings. The van der Waals surface area contributed by atoms with Gasteiger partial charge < -0.3 is 9.53 Å². The fourth-order valence-corrected chi connectivity index (χ4v) is 1.81. The Morgan fingerprint density at radius 1 is 1.40 bits per heavy atom. The first-order valence-electron chi connectivity index (χ1n) is 5.42. The van der Waals surface area contributed by atoms with Gasteiger partial charge in [0.05, 0.1) is 13.2 Å². The number of rotatable bonds is 4. The monoisotopic (exact) mass is 204 g/mol. The molecule has 1 unspecified atom stereocenters. The molecule has 1 atom stereocenters. The van der Waals surface area contributed by atoms with Gasteiger partial charge in [0.1, 0.15) is 6.29 Å².